The summed E-state index contributed by atoms with van der Waals surface area (Å²) in [6.45, 7) is 6.67. The lowest BCUT2D eigenvalue weighted by molar-refractivity contribution is 0.590. The van der Waals surface area contributed by atoms with Gasteiger partial charge in [0.1, 0.15) is 17.5 Å². The second-order valence-electron chi connectivity index (χ2n) is 12.2. The van der Waals surface area contributed by atoms with E-state index in [1.54, 1.807) is 0 Å². The number of hydrogen-bond donors (Lipinski definition) is 0. The molecule has 210 valence electrons. The molecule has 0 N–H and O–H groups in total. The molecule has 8 aromatic rings. The van der Waals surface area contributed by atoms with Crippen molar-refractivity contribution in [2.45, 2.75) is 26.2 Å². The topological polar surface area (TPSA) is 59.4 Å². The van der Waals surface area contributed by atoms with Crippen LogP contribution in [-0.4, -0.2) is 19.1 Å². The predicted octanol–water partition coefficient (Wildman–Crippen LogP) is 9.51. The summed E-state index contributed by atoms with van der Waals surface area (Å²) >= 11 is 0. The normalized spacial score (nSPS) is 12.0. The van der Waals surface area contributed by atoms with Crippen molar-refractivity contribution in [1.82, 2.24) is 19.1 Å². The van der Waals surface area contributed by atoms with Gasteiger partial charge in [-0.05, 0) is 47.4 Å². The number of nitrogens with zero attached hydrogens (tertiary/aromatic N) is 5. The Balaban J connectivity index is 1.53. The van der Waals surface area contributed by atoms with Gasteiger partial charge < -0.3 is 0 Å². The molecule has 4 heterocycles. The second-order valence-corrected chi connectivity index (χ2v) is 12.2. The first kappa shape index (κ1) is 25.9. The minimum absolute atomic E-state index is 0.0187. The maximum atomic E-state index is 10.8. The maximum Gasteiger partial charge on any atom is 0.150 e. The zero-order chi connectivity index (χ0) is 30.0. The molecular formula is C39H29N5. The van der Waals surface area contributed by atoms with E-state index in [2.05, 4.69) is 96.6 Å². The third kappa shape index (κ3) is 3.85. The second kappa shape index (κ2) is 9.65. The van der Waals surface area contributed by atoms with Crippen LogP contribution in [0.2, 0.25) is 0 Å². The van der Waals surface area contributed by atoms with Gasteiger partial charge in [0.15, 0.2) is 5.65 Å². The van der Waals surface area contributed by atoms with Crippen molar-refractivity contribution in [1.29, 1.82) is 5.26 Å². The van der Waals surface area contributed by atoms with Crippen LogP contribution in [0.4, 0.5) is 0 Å². The van der Waals surface area contributed by atoms with Crippen LogP contribution < -0.4 is 0 Å². The van der Waals surface area contributed by atoms with Gasteiger partial charge in [-0.1, -0.05) is 106 Å². The highest BCUT2D eigenvalue weighted by Crippen LogP contribution is 2.41. The number of benzene rings is 4. The molecule has 0 saturated heterocycles. The summed E-state index contributed by atoms with van der Waals surface area (Å²) in [7, 11) is 0. The Kier molecular flexibility index (Phi) is 5.69. The van der Waals surface area contributed by atoms with E-state index in [0.29, 0.717) is 11.2 Å². The number of nitriles is 1. The number of aromatic nitrogens is 4. The van der Waals surface area contributed by atoms with Crippen molar-refractivity contribution in [3.8, 4) is 28.8 Å². The number of pyridine rings is 2. The van der Waals surface area contributed by atoms with Gasteiger partial charge in [-0.25, -0.2) is 9.97 Å². The average molecular weight is 568 g/mol. The molecule has 4 aromatic carbocycles. The Morgan fingerprint density at radius 3 is 1.91 bits per heavy atom. The van der Waals surface area contributed by atoms with E-state index >= 15 is 0 Å². The van der Waals surface area contributed by atoms with Crippen LogP contribution in [0, 0.1) is 11.3 Å². The van der Waals surface area contributed by atoms with Crippen LogP contribution in [-0.2, 0) is 5.41 Å². The first-order valence-corrected chi connectivity index (χ1v) is 14.8. The van der Waals surface area contributed by atoms with Crippen LogP contribution >= 0.6 is 0 Å². The van der Waals surface area contributed by atoms with Crippen molar-refractivity contribution in [3.05, 3.63) is 132 Å². The number of para-hydroxylation sites is 2. The van der Waals surface area contributed by atoms with Crippen LogP contribution in [0.3, 0.4) is 0 Å². The fourth-order valence-electron chi connectivity index (χ4n) is 6.42. The summed E-state index contributed by atoms with van der Waals surface area (Å²) in [4.78, 5) is 10.6. The smallest absolute Gasteiger partial charge is 0.150 e. The maximum absolute atomic E-state index is 10.8. The van der Waals surface area contributed by atoms with E-state index in [9.17, 15) is 5.26 Å². The van der Waals surface area contributed by atoms with Gasteiger partial charge in [0.05, 0.1) is 22.3 Å². The SMILES string of the molecule is CC(C)(C)c1cccc(-n2c3ccccc3c3c(C#N)c4c5ccccc5n(-c5cccc(-c6ccccc6)n5)c4nc32)c1. The molecular weight excluding hydrogens is 538 g/mol. The lowest BCUT2D eigenvalue weighted by atomic mass is 9.87. The van der Waals surface area contributed by atoms with E-state index in [1.807, 2.05) is 60.7 Å². The first-order valence-electron chi connectivity index (χ1n) is 14.8. The molecule has 0 unspecified atom stereocenters. The van der Waals surface area contributed by atoms with Gasteiger partial charge in [0, 0.05) is 32.8 Å². The highest BCUT2D eigenvalue weighted by molar-refractivity contribution is 6.20. The molecule has 44 heavy (non-hydrogen) atoms. The van der Waals surface area contributed by atoms with E-state index < -0.39 is 0 Å². The third-order valence-corrected chi connectivity index (χ3v) is 8.53. The lowest BCUT2D eigenvalue weighted by Gasteiger charge is -2.20. The van der Waals surface area contributed by atoms with E-state index in [-0.39, 0.29) is 5.41 Å². The van der Waals surface area contributed by atoms with Gasteiger partial charge in [0.25, 0.3) is 0 Å². The summed E-state index contributed by atoms with van der Waals surface area (Å²) in [6.07, 6.45) is 0. The summed E-state index contributed by atoms with van der Waals surface area (Å²) in [5.74, 6) is 0.755. The zero-order valence-electron chi connectivity index (χ0n) is 24.8. The Morgan fingerprint density at radius 2 is 1.23 bits per heavy atom. The number of rotatable bonds is 3. The molecule has 0 radical (unpaired) electrons. The molecule has 0 amide bonds. The summed E-state index contributed by atoms with van der Waals surface area (Å²) in [5.41, 5.74) is 8.23. The summed E-state index contributed by atoms with van der Waals surface area (Å²) in [6, 6.07) is 44.0. The van der Waals surface area contributed by atoms with E-state index in [0.717, 1.165) is 61.0 Å². The Morgan fingerprint density at radius 1 is 0.614 bits per heavy atom. The first-order chi connectivity index (χ1) is 21.4. The molecule has 0 fully saturated rings. The highest BCUT2D eigenvalue weighted by atomic mass is 15.1. The minimum Gasteiger partial charge on any atom is -0.294 e. The van der Waals surface area contributed by atoms with Crippen LogP contribution in [0.5, 0.6) is 0 Å². The van der Waals surface area contributed by atoms with Crippen LogP contribution in [0.1, 0.15) is 31.9 Å². The number of hydrogen-bond acceptors (Lipinski definition) is 3. The highest BCUT2D eigenvalue weighted by Gasteiger charge is 2.25. The van der Waals surface area contributed by atoms with Crippen LogP contribution in [0.25, 0.3) is 66.6 Å². The lowest BCUT2D eigenvalue weighted by Crippen LogP contribution is -2.11. The summed E-state index contributed by atoms with van der Waals surface area (Å²) in [5, 5.41) is 14.5. The monoisotopic (exact) mass is 567 g/mol. The zero-order valence-corrected chi connectivity index (χ0v) is 24.8. The Hall–Kier alpha value is -5.73. The third-order valence-electron chi connectivity index (χ3n) is 8.53. The molecule has 0 bridgehead atoms. The Bertz CT molecular complexity index is 2430. The molecule has 5 heteroatoms. The van der Waals surface area contributed by atoms with Gasteiger partial charge in [0.2, 0.25) is 0 Å². The molecule has 5 nitrogen and oxygen atoms in total. The molecule has 0 saturated carbocycles. The molecule has 4 aromatic heterocycles. The van der Waals surface area contributed by atoms with E-state index in [1.165, 1.54) is 5.56 Å². The van der Waals surface area contributed by atoms with E-state index in [4.69, 9.17) is 9.97 Å². The van der Waals surface area contributed by atoms with Crippen molar-refractivity contribution in [2.24, 2.45) is 0 Å². The number of fused-ring (bicyclic) bond motifs is 6. The van der Waals surface area contributed by atoms with Crippen molar-refractivity contribution in [3.63, 3.8) is 0 Å². The fourth-order valence-corrected chi connectivity index (χ4v) is 6.42. The van der Waals surface area contributed by atoms with Gasteiger partial charge in [-0.2, -0.15) is 5.26 Å². The molecule has 0 atom stereocenters. The van der Waals surface area contributed by atoms with Crippen molar-refractivity contribution in [2.75, 3.05) is 0 Å². The quantitative estimate of drug-likeness (QED) is 0.214. The largest absolute Gasteiger partial charge is 0.294 e. The molecule has 8 rings (SSSR count). The molecule has 0 aliphatic heterocycles. The van der Waals surface area contributed by atoms with Gasteiger partial charge in [-0.3, -0.25) is 9.13 Å². The molecule has 0 aliphatic rings. The Labute approximate surface area is 255 Å². The summed E-state index contributed by atoms with van der Waals surface area (Å²) < 4.78 is 4.31. The standard InChI is InChI=1S/C39H29N5/c1-39(2,3)26-15-11-16-27(23-26)43-32-20-9-7-17-28(32)35-30(24-40)36-29-18-8-10-21-33(29)44(38(36)42-37(35)43)34-22-12-19-31(41-34)25-13-5-4-6-14-25/h4-23H,1-3H3. The van der Waals surface area contributed by atoms with Crippen LogP contribution in [0.15, 0.2) is 121 Å². The fraction of sp³-hybridized carbons (Fsp3) is 0.103. The molecule has 0 aliphatic carbocycles. The average Bonchev–Trinajstić information content (AvgIpc) is 3.56. The van der Waals surface area contributed by atoms with Gasteiger partial charge in [-0.15, -0.1) is 0 Å². The van der Waals surface area contributed by atoms with Gasteiger partial charge >= 0.3 is 0 Å². The predicted molar refractivity (Wildman–Crippen MR) is 180 cm³/mol. The van der Waals surface area contributed by atoms with Crippen molar-refractivity contribution >= 4 is 43.9 Å². The molecule has 0 spiro atoms. The van der Waals surface area contributed by atoms with Crippen molar-refractivity contribution < 1.29 is 0 Å². The minimum atomic E-state index is -0.0187.